The van der Waals surface area contributed by atoms with Crippen molar-refractivity contribution in [1.82, 2.24) is 24.1 Å². The predicted molar refractivity (Wildman–Crippen MR) is 232 cm³/mol. The van der Waals surface area contributed by atoms with Crippen LogP contribution >= 0.6 is 0 Å². The molecule has 6 nitrogen and oxygen atoms in total. The van der Waals surface area contributed by atoms with Gasteiger partial charge < -0.3 is 13.6 Å². The van der Waals surface area contributed by atoms with Gasteiger partial charge in [0.25, 0.3) is 0 Å². The number of fused-ring (bicyclic) bond motifs is 9. The van der Waals surface area contributed by atoms with E-state index in [4.69, 9.17) is 19.4 Å². The first kappa shape index (κ1) is 31.5. The minimum absolute atomic E-state index is 0.629. The molecule has 0 saturated heterocycles. The topological polar surface area (TPSA) is 61.7 Å². The van der Waals surface area contributed by atoms with E-state index in [0.29, 0.717) is 17.5 Å². The molecule has 4 aromatic heterocycles. The summed E-state index contributed by atoms with van der Waals surface area (Å²) in [5.74, 6) is 1.92. The molecule has 0 bridgehead atoms. The molecule has 0 aliphatic rings. The quantitative estimate of drug-likeness (QED) is 0.177. The number of para-hydroxylation sites is 3. The van der Waals surface area contributed by atoms with Crippen LogP contribution in [-0.2, 0) is 0 Å². The number of aromatic nitrogens is 5. The summed E-state index contributed by atoms with van der Waals surface area (Å²) in [5, 5.41) is 7.04. The highest BCUT2D eigenvalue weighted by molar-refractivity contribution is 6.22. The summed E-state index contributed by atoms with van der Waals surface area (Å²) in [6, 6.07) is 65.6. The van der Waals surface area contributed by atoms with E-state index in [-0.39, 0.29) is 0 Å². The van der Waals surface area contributed by atoms with Crippen molar-refractivity contribution in [3.05, 3.63) is 188 Å². The summed E-state index contributed by atoms with van der Waals surface area (Å²) in [6.07, 6.45) is 0. The zero-order valence-corrected chi connectivity index (χ0v) is 30.5. The van der Waals surface area contributed by atoms with E-state index in [2.05, 4.69) is 124 Å². The Labute approximate surface area is 326 Å². The molecule has 0 spiro atoms. The molecule has 6 heteroatoms. The molecule has 0 fully saturated rings. The Morgan fingerprint density at radius 3 is 1.40 bits per heavy atom. The summed E-state index contributed by atoms with van der Waals surface area (Å²) < 4.78 is 11.2. The molecule has 12 rings (SSSR count). The Bertz CT molecular complexity index is 3430. The van der Waals surface area contributed by atoms with E-state index in [1.807, 2.05) is 72.8 Å². The van der Waals surface area contributed by atoms with Crippen molar-refractivity contribution >= 4 is 65.6 Å². The molecule has 12 aromatic rings. The predicted octanol–water partition coefficient (Wildman–Crippen LogP) is 13.0. The monoisotopic (exact) mass is 729 g/mol. The summed E-state index contributed by atoms with van der Waals surface area (Å²) in [4.78, 5) is 14.8. The van der Waals surface area contributed by atoms with Gasteiger partial charge in [0.1, 0.15) is 11.2 Å². The van der Waals surface area contributed by atoms with Crippen molar-refractivity contribution in [2.24, 2.45) is 0 Å². The Morgan fingerprint density at radius 2 is 0.754 bits per heavy atom. The molecule has 0 unspecified atom stereocenters. The van der Waals surface area contributed by atoms with Gasteiger partial charge in [-0.3, -0.25) is 0 Å². The maximum atomic E-state index is 6.41. The molecule has 0 atom stereocenters. The molecule has 0 amide bonds. The van der Waals surface area contributed by atoms with Gasteiger partial charge in [-0.05, 0) is 66.7 Å². The van der Waals surface area contributed by atoms with E-state index < -0.39 is 0 Å². The van der Waals surface area contributed by atoms with E-state index >= 15 is 0 Å². The summed E-state index contributed by atoms with van der Waals surface area (Å²) in [5.41, 5.74) is 11.3. The summed E-state index contributed by atoms with van der Waals surface area (Å²) in [7, 11) is 0. The SMILES string of the molecule is c1ccc(-c2nc(-c3ccccc3)nc(-c3ccc(-n4c5ccccc5c5cc6c7cc8c(cc7n(-c7ccccc7)c6cc54)oc4ccccc48)cc3)n2)cc1. The van der Waals surface area contributed by atoms with Gasteiger partial charge in [0.05, 0.1) is 22.1 Å². The van der Waals surface area contributed by atoms with Gasteiger partial charge >= 0.3 is 0 Å². The van der Waals surface area contributed by atoms with Gasteiger partial charge in [0, 0.05) is 66.4 Å². The third-order valence-corrected chi connectivity index (χ3v) is 11.2. The molecule has 57 heavy (non-hydrogen) atoms. The van der Waals surface area contributed by atoms with Gasteiger partial charge in [-0.15, -0.1) is 0 Å². The van der Waals surface area contributed by atoms with E-state index in [9.17, 15) is 0 Å². The van der Waals surface area contributed by atoms with Crippen LogP contribution in [0.3, 0.4) is 0 Å². The molecule has 266 valence electrons. The van der Waals surface area contributed by atoms with Crippen LogP contribution in [0.1, 0.15) is 0 Å². The lowest BCUT2D eigenvalue weighted by molar-refractivity contribution is 0.669. The third-order valence-electron chi connectivity index (χ3n) is 11.2. The maximum absolute atomic E-state index is 6.41. The van der Waals surface area contributed by atoms with E-state index in [1.165, 1.54) is 21.5 Å². The van der Waals surface area contributed by atoms with E-state index in [0.717, 1.165) is 72.1 Å². The van der Waals surface area contributed by atoms with Gasteiger partial charge in [-0.2, -0.15) is 0 Å². The molecule has 0 saturated carbocycles. The molecule has 0 radical (unpaired) electrons. The Morgan fingerprint density at radius 1 is 0.298 bits per heavy atom. The number of furan rings is 1. The van der Waals surface area contributed by atoms with Gasteiger partial charge in [0.2, 0.25) is 0 Å². The Hall–Kier alpha value is -7.83. The fourth-order valence-corrected chi connectivity index (χ4v) is 8.53. The first-order chi connectivity index (χ1) is 28.2. The fraction of sp³-hybridized carbons (Fsp3) is 0. The molecule has 8 aromatic carbocycles. The number of rotatable bonds is 5. The van der Waals surface area contributed by atoms with Crippen LogP contribution in [-0.4, -0.2) is 24.1 Å². The van der Waals surface area contributed by atoms with Gasteiger partial charge in [-0.25, -0.2) is 15.0 Å². The van der Waals surface area contributed by atoms with Gasteiger partial charge in [-0.1, -0.05) is 115 Å². The van der Waals surface area contributed by atoms with Crippen LogP contribution in [0, 0.1) is 0 Å². The van der Waals surface area contributed by atoms with Crippen LogP contribution < -0.4 is 0 Å². The van der Waals surface area contributed by atoms with Crippen molar-refractivity contribution in [2.45, 2.75) is 0 Å². The highest BCUT2D eigenvalue weighted by Gasteiger charge is 2.21. The Kier molecular flexibility index (Phi) is 6.83. The first-order valence-corrected chi connectivity index (χ1v) is 19.1. The second kappa shape index (κ2) is 12.3. The molecular formula is C51H31N5O. The first-order valence-electron chi connectivity index (χ1n) is 19.1. The number of benzene rings is 8. The molecule has 0 aliphatic carbocycles. The highest BCUT2D eigenvalue weighted by Crippen LogP contribution is 2.42. The van der Waals surface area contributed by atoms with Crippen LogP contribution in [0.5, 0.6) is 0 Å². The van der Waals surface area contributed by atoms with Crippen LogP contribution in [0.15, 0.2) is 192 Å². The third kappa shape index (κ3) is 4.94. The lowest BCUT2D eigenvalue weighted by Gasteiger charge is -2.11. The molecular weight excluding hydrogens is 699 g/mol. The lowest BCUT2D eigenvalue weighted by Crippen LogP contribution is -2.00. The van der Waals surface area contributed by atoms with Crippen LogP contribution in [0.25, 0.3) is 111 Å². The zero-order chi connectivity index (χ0) is 37.5. The van der Waals surface area contributed by atoms with E-state index in [1.54, 1.807) is 0 Å². The number of hydrogen-bond acceptors (Lipinski definition) is 4. The lowest BCUT2D eigenvalue weighted by atomic mass is 10.1. The van der Waals surface area contributed by atoms with Crippen LogP contribution in [0.4, 0.5) is 0 Å². The fourth-order valence-electron chi connectivity index (χ4n) is 8.53. The maximum Gasteiger partial charge on any atom is 0.164 e. The normalized spacial score (nSPS) is 11.9. The van der Waals surface area contributed by atoms with Crippen molar-refractivity contribution in [2.75, 3.05) is 0 Å². The summed E-state index contributed by atoms with van der Waals surface area (Å²) in [6.45, 7) is 0. The second-order valence-electron chi connectivity index (χ2n) is 14.5. The highest BCUT2D eigenvalue weighted by atomic mass is 16.3. The largest absolute Gasteiger partial charge is 0.456 e. The average Bonchev–Trinajstić information content (AvgIpc) is 3.92. The smallest absolute Gasteiger partial charge is 0.164 e. The average molecular weight is 730 g/mol. The zero-order valence-electron chi connectivity index (χ0n) is 30.5. The standard InChI is InChI=1S/C51H31N5O/c1-4-14-32(15-5-1)49-52-50(33-16-6-2-7-17-33)54-51(53-49)34-24-26-36(27-25-34)55-43-22-12-10-20-37(43)39-28-40-41-29-42-38-21-11-13-23-47(38)57-48(42)31-46(41)56(45(40)30-44(39)55)35-18-8-3-9-19-35/h1-31H. The second-order valence-corrected chi connectivity index (χ2v) is 14.5. The van der Waals surface area contributed by atoms with Crippen molar-refractivity contribution in [1.29, 1.82) is 0 Å². The number of hydrogen-bond donors (Lipinski definition) is 0. The van der Waals surface area contributed by atoms with Crippen molar-refractivity contribution in [3.8, 4) is 45.5 Å². The minimum atomic E-state index is 0.629. The molecule has 0 aliphatic heterocycles. The Balaban J connectivity index is 1.07. The van der Waals surface area contributed by atoms with Crippen molar-refractivity contribution < 1.29 is 4.42 Å². The number of nitrogens with zero attached hydrogens (tertiary/aromatic N) is 5. The minimum Gasteiger partial charge on any atom is -0.456 e. The molecule has 0 N–H and O–H groups in total. The van der Waals surface area contributed by atoms with Gasteiger partial charge in [0.15, 0.2) is 17.5 Å². The van der Waals surface area contributed by atoms with Crippen molar-refractivity contribution in [3.63, 3.8) is 0 Å². The molecule has 4 heterocycles. The van der Waals surface area contributed by atoms with Crippen LogP contribution in [0.2, 0.25) is 0 Å². The summed E-state index contributed by atoms with van der Waals surface area (Å²) >= 11 is 0.